The zero-order valence-corrected chi connectivity index (χ0v) is 18.2. The first-order valence-corrected chi connectivity index (χ1v) is 9.20. The molecule has 0 spiro atoms. The summed E-state index contributed by atoms with van der Waals surface area (Å²) in [7, 11) is 0. The number of halogens is 2. The maximum Gasteiger partial charge on any atom is 0.324 e. The van der Waals surface area contributed by atoms with Crippen LogP contribution in [-0.2, 0) is 4.79 Å². The fourth-order valence-corrected chi connectivity index (χ4v) is 3.19. The number of benzene rings is 1. The molecule has 0 bridgehead atoms. The summed E-state index contributed by atoms with van der Waals surface area (Å²) in [6, 6.07) is 6.18. The third-order valence-corrected chi connectivity index (χ3v) is 4.63. The lowest BCUT2D eigenvalue weighted by Crippen LogP contribution is -2.52. The minimum absolute atomic E-state index is 0. The van der Waals surface area contributed by atoms with Crippen molar-refractivity contribution in [3.05, 3.63) is 30.1 Å². The predicted molar refractivity (Wildman–Crippen MR) is 117 cm³/mol. The first-order chi connectivity index (χ1) is 13.1. The molecule has 0 aliphatic carbocycles. The van der Waals surface area contributed by atoms with Crippen LogP contribution in [0.2, 0.25) is 0 Å². The molecule has 0 aromatic heterocycles. The third-order valence-electron chi connectivity index (χ3n) is 4.63. The summed E-state index contributed by atoms with van der Waals surface area (Å²) in [5.41, 5.74) is 1.01. The number of hydrogen-bond acceptors (Lipinski definition) is 4. The maximum atomic E-state index is 13.1. The lowest BCUT2D eigenvalue weighted by molar-refractivity contribution is -0.124. The highest BCUT2D eigenvalue weighted by Gasteiger charge is 2.27. The Bertz CT molecular complexity index is 691. The number of carbonyl (C=O) groups is 2. The summed E-state index contributed by atoms with van der Waals surface area (Å²) in [6.07, 6.45) is 0. The molecule has 1 aromatic carbocycles. The molecule has 2 aliphatic rings. The van der Waals surface area contributed by atoms with E-state index in [2.05, 4.69) is 25.4 Å². The summed E-state index contributed by atoms with van der Waals surface area (Å²) in [5.74, 6) is 0.334. The fourth-order valence-electron chi connectivity index (χ4n) is 3.19. The molecule has 3 amide bonds. The van der Waals surface area contributed by atoms with Gasteiger partial charge in [0, 0.05) is 38.4 Å². The van der Waals surface area contributed by atoms with Gasteiger partial charge in [0.1, 0.15) is 5.82 Å². The highest BCUT2D eigenvalue weighted by molar-refractivity contribution is 14.0. The van der Waals surface area contributed by atoms with E-state index < -0.39 is 0 Å². The lowest BCUT2D eigenvalue weighted by atomic mass is 10.2. The van der Waals surface area contributed by atoms with Gasteiger partial charge in [-0.3, -0.25) is 14.7 Å². The molecule has 2 N–H and O–H groups in total. The maximum absolute atomic E-state index is 13.1. The van der Waals surface area contributed by atoms with Gasteiger partial charge in [-0.1, -0.05) is 0 Å². The highest BCUT2D eigenvalue weighted by Crippen LogP contribution is 2.17. The molecule has 0 atom stereocenters. The molecule has 2 heterocycles. The van der Waals surface area contributed by atoms with E-state index in [0.717, 1.165) is 44.4 Å². The van der Waals surface area contributed by atoms with Crippen LogP contribution >= 0.6 is 24.0 Å². The Hall–Kier alpha value is -2.11. The summed E-state index contributed by atoms with van der Waals surface area (Å²) in [6.45, 7) is 6.62. The van der Waals surface area contributed by atoms with Gasteiger partial charge >= 0.3 is 6.03 Å². The van der Waals surface area contributed by atoms with Gasteiger partial charge in [-0.05, 0) is 31.2 Å². The SMILES string of the molecule is CCNC(=NCCN1C(=O)CNC1=O)N1CCN(c2ccc(F)cc2)CC1.I. The molecule has 28 heavy (non-hydrogen) atoms. The second-order valence-corrected chi connectivity index (χ2v) is 6.39. The molecule has 154 valence electrons. The molecule has 10 heteroatoms. The van der Waals surface area contributed by atoms with Gasteiger partial charge in [-0.2, -0.15) is 0 Å². The van der Waals surface area contributed by atoms with Crippen molar-refractivity contribution in [2.75, 3.05) is 57.3 Å². The van der Waals surface area contributed by atoms with Gasteiger partial charge in [-0.25, -0.2) is 9.18 Å². The first-order valence-electron chi connectivity index (χ1n) is 9.20. The Balaban J connectivity index is 0.00000280. The number of nitrogens with zero attached hydrogens (tertiary/aromatic N) is 4. The van der Waals surface area contributed by atoms with Crippen molar-refractivity contribution in [3.8, 4) is 0 Å². The summed E-state index contributed by atoms with van der Waals surface area (Å²) in [4.78, 5) is 33.3. The summed E-state index contributed by atoms with van der Waals surface area (Å²) >= 11 is 0. The molecule has 1 aromatic rings. The third kappa shape index (κ3) is 5.46. The average Bonchev–Trinajstić information content (AvgIpc) is 3.00. The number of rotatable bonds is 5. The zero-order chi connectivity index (χ0) is 19.2. The van der Waals surface area contributed by atoms with Gasteiger partial charge in [0.15, 0.2) is 5.96 Å². The van der Waals surface area contributed by atoms with E-state index in [4.69, 9.17) is 0 Å². The van der Waals surface area contributed by atoms with Crippen molar-refractivity contribution in [3.63, 3.8) is 0 Å². The Labute approximate surface area is 181 Å². The van der Waals surface area contributed by atoms with Gasteiger partial charge in [0.2, 0.25) is 5.91 Å². The van der Waals surface area contributed by atoms with Crippen LogP contribution in [0, 0.1) is 5.82 Å². The van der Waals surface area contributed by atoms with E-state index >= 15 is 0 Å². The normalized spacial score (nSPS) is 17.5. The van der Waals surface area contributed by atoms with E-state index in [-0.39, 0.29) is 54.8 Å². The van der Waals surface area contributed by atoms with Crippen LogP contribution in [0.1, 0.15) is 6.92 Å². The predicted octanol–water partition coefficient (Wildman–Crippen LogP) is 1.08. The number of hydrogen-bond donors (Lipinski definition) is 2. The molecule has 0 saturated carbocycles. The van der Waals surface area contributed by atoms with Gasteiger partial charge in [0.05, 0.1) is 19.6 Å². The molecule has 3 rings (SSSR count). The molecule has 2 aliphatic heterocycles. The Morgan fingerprint density at radius 1 is 1.18 bits per heavy atom. The molecule has 0 radical (unpaired) electrons. The fraction of sp³-hybridized carbons (Fsp3) is 0.500. The monoisotopic (exact) mass is 504 g/mol. The van der Waals surface area contributed by atoms with Crippen LogP contribution < -0.4 is 15.5 Å². The minimum Gasteiger partial charge on any atom is -0.368 e. The van der Waals surface area contributed by atoms with E-state index in [0.29, 0.717) is 6.54 Å². The number of anilines is 1. The quantitative estimate of drug-likeness (QED) is 0.272. The molecule has 8 nitrogen and oxygen atoms in total. The molecule has 2 saturated heterocycles. The average molecular weight is 504 g/mol. The minimum atomic E-state index is -0.354. The number of aliphatic imine (C=N–C) groups is 1. The highest BCUT2D eigenvalue weighted by atomic mass is 127. The van der Waals surface area contributed by atoms with Crippen molar-refractivity contribution >= 4 is 47.6 Å². The number of piperazine rings is 1. The van der Waals surface area contributed by atoms with Gasteiger partial charge < -0.3 is 20.4 Å². The zero-order valence-electron chi connectivity index (χ0n) is 15.9. The van der Waals surface area contributed by atoms with Crippen LogP contribution in [0.5, 0.6) is 0 Å². The van der Waals surface area contributed by atoms with Crippen LogP contribution in [0.4, 0.5) is 14.9 Å². The van der Waals surface area contributed by atoms with Crippen molar-refractivity contribution in [1.29, 1.82) is 0 Å². The molecular formula is C18H26FIN6O2. The Morgan fingerprint density at radius 2 is 1.86 bits per heavy atom. The van der Waals surface area contributed by atoms with Crippen LogP contribution in [0.15, 0.2) is 29.3 Å². The number of carbonyl (C=O) groups excluding carboxylic acids is 2. The lowest BCUT2D eigenvalue weighted by Gasteiger charge is -2.37. The summed E-state index contributed by atoms with van der Waals surface area (Å²) < 4.78 is 13.1. The number of imide groups is 1. The Kier molecular flexibility index (Phi) is 8.27. The number of guanidine groups is 1. The first kappa shape index (κ1) is 22.2. The topological polar surface area (TPSA) is 80.3 Å². The second kappa shape index (κ2) is 10.4. The van der Waals surface area contributed by atoms with E-state index in [1.54, 1.807) is 12.1 Å². The van der Waals surface area contributed by atoms with E-state index in [1.807, 2.05) is 6.92 Å². The summed E-state index contributed by atoms with van der Waals surface area (Å²) in [5, 5.41) is 5.77. The van der Waals surface area contributed by atoms with Gasteiger partial charge in [0.25, 0.3) is 0 Å². The van der Waals surface area contributed by atoms with Gasteiger partial charge in [-0.15, -0.1) is 24.0 Å². The van der Waals surface area contributed by atoms with E-state index in [9.17, 15) is 14.0 Å². The van der Waals surface area contributed by atoms with Crippen LogP contribution in [-0.4, -0.2) is 80.1 Å². The van der Waals surface area contributed by atoms with E-state index in [1.165, 1.54) is 17.0 Å². The smallest absolute Gasteiger partial charge is 0.324 e. The number of amides is 3. The van der Waals surface area contributed by atoms with Crippen LogP contribution in [0.3, 0.4) is 0 Å². The Morgan fingerprint density at radius 3 is 2.43 bits per heavy atom. The molecular weight excluding hydrogens is 478 g/mol. The molecule has 0 unspecified atom stereocenters. The number of urea groups is 1. The standard InChI is InChI=1S/C18H25FN6O2.HI/c1-2-20-17(21-7-8-25-16(26)13-22-18(25)27)24-11-9-23(10-12-24)15-5-3-14(19)4-6-15;/h3-6H,2,7-13H2,1H3,(H,20,21)(H,22,27);1H. The largest absolute Gasteiger partial charge is 0.368 e. The van der Waals surface area contributed by atoms with Crippen molar-refractivity contribution in [1.82, 2.24) is 20.4 Å². The van der Waals surface area contributed by atoms with Crippen molar-refractivity contribution in [2.45, 2.75) is 6.92 Å². The van der Waals surface area contributed by atoms with Crippen LogP contribution in [0.25, 0.3) is 0 Å². The molecule has 2 fully saturated rings. The van der Waals surface area contributed by atoms with Crippen molar-refractivity contribution in [2.24, 2.45) is 4.99 Å². The van der Waals surface area contributed by atoms with Crippen molar-refractivity contribution < 1.29 is 14.0 Å². The number of nitrogens with one attached hydrogen (secondary N) is 2. The second-order valence-electron chi connectivity index (χ2n) is 6.39.